The Morgan fingerprint density at radius 1 is 1.27 bits per heavy atom. The molecule has 0 aromatic heterocycles. The van der Waals surface area contributed by atoms with E-state index in [1.807, 2.05) is 26.0 Å². The summed E-state index contributed by atoms with van der Waals surface area (Å²) in [6, 6.07) is 6.00. The minimum absolute atomic E-state index is 0.0308. The second-order valence-corrected chi connectivity index (χ2v) is 7.20. The molecule has 0 amide bonds. The summed E-state index contributed by atoms with van der Waals surface area (Å²) >= 11 is 0. The van der Waals surface area contributed by atoms with Crippen molar-refractivity contribution in [3.63, 3.8) is 0 Å². The van der Waals surface area contributed by atoms with Gasteiger partial charge in [-0.15, -0.1) is 8.58 Å². The average molecular weight is 324 g/mol. The highest BCUT2D eigenvalue weighted by atomic mass is 31.1. The lowest BCUT2D eigenvalue weighted by Gasteiger charge is -2.21. The van der Waals surface area contributed by atoms with Crippen molar-refractivity contribution in [3.05, 3.63) is 29.3 Å². The molecule has 0 aliphatic rings. The zero-order valence-electron chi connectivity index (χ0n) is 14.6. The lowest BCUT2D eigenvalue weighted by molar-refractivity contribution is -0.0615. The summed E-state index contributed by atoms with van der Waals surface area (Å²) in [6.45, 7) is 12.6. The van der Waals surface area contributed by atoms with Gasteiger partial charge in [0, 0.05) is 12.3 Å². The van der Waals surface area contributed by atoms with E-state index in [9.17, 15) is 4.79 Å². The summed E-state index contributed by atoms with van der Waals surface area (Å²) < 4.78 is 11.2. The van der Waals surface area contributed by atoms with Gasteiger partial charge in [-0.2, -0.15) is 0 Å². The molecule has 0 bridgehead atoms. The fourth-order valence-electron chi connectivity index (χ4n) is 2.48. The minimum atomic E-state index is -0.353. The van der Waals surface area contributed by atoms with Gasteiger partial charge in [0.05, 0.1) is 5.56 Å². The van der Waals surface area contributed by atoms with E-state index in [1.165, 1.54) is 5.56 Å². The molecular weight excluding hydrogens is 295 g/mol. The van der Waals surface area contributed by atoms with Crippen LogP contribution < -0.4 is 4.74 Å². The Bertz CT molecular complexity index is 485. The highest BCUT2D eigenvalue weighted by Gasteiger charge is 2.17. The summed E-state index contributed by atoms with van der Waals surface area (Å²) in [7, 11) is 0.825. The van der Waals surface area contributed by atoms with Crippen molar-refractivity contribution in [2.45, 2.75) is 53.0 Å². The number of ketones is 1. The maximum Gasteiger partial charge on any atom is 0.196 e. The number of benzene rings is 1. The maximum absolute atomic E-state index is 12.0. The number of hydrogen-bond donors (Lipinski definition) is 0. The molecule has 1 aromatic carbocycles. The second-order valence-electron chi connectivity index (χ2n) is 5.92. The van der Waals surface area contributed by atoms with Gasteiger partial charge in [-0.3, -0.25) is 4.79 Å². The lowest BCUT2D eigenvalue weighted by Crippen LogP contribution is -2.17. The highest BCUT2D eigenvalue weighted by Crippen LogP contribution is 2.39. The Hall–Kier alpha value is -0.920. The fourth-order valence-corrected chi connectivity index (χ4v) is 3.70. The molecule has 0 radical (unpaired) electrons. The molecule has 0 heterocycles. The van der Waals surface area contributed by atoms with Gasteiger partial charge in [0.1, 0.15) is 5.75 Å². The van der Waals surface area contributed by atoms with E-state index < -0.39 is 0 Å². The number of hydrogen-bond acceptors (Lipinski definition) is 3. The van der Waals surface area contributed by atoms with Crippen LogP contribution in [0, 0.1) is 5.92 Å². The predicted octanol–water partition coefficient (Wildman–Crippen LogP) is 5.05. The first-order chi connectivity index (χ1) is 10.4. The van der Waals surface area contributed by atoms with Crippen LogP contribution in [0.4, 0.5) is 0 Å². The molecule has 1 rings (SSSR count). The molecular formula is C18H29O3P. The average Bonchev–Trinajstić information content (AvgIpc) is 2.45. The van der Waals surface area contributed by atoms with E-state index in [0.29, 0.717) is 29.5 Å². The Morgan fingerprint density at radius 2 is 1.95 bits per heavy atom. The van der Waals surface area contributed by atoms with Crippen LogP contribution in [0.5, 0.6) is 5.75 Å². The van der Waals surface area contributed by atoms with Crippen molar-refractivity contribution in [1.29, 1.82) is 0 Å². The smallest absolute Gasteiger partial charge is 0.196 e. The second kappa shape index (κ2) is 9.27. The van der Waals surface area contributed by atoms with E-state index in [2.05, 4.69) is 26.6 Å². The third kappa shape index (κ3) is 5.70. The van der Waals surface area contributed by atoms with Gasteiger partial charge in [0.2, 0.25) is 0 Å². The Balaban J connectivity index is 3.05. The maximum atomic E-state index is 12.0. The molecule has 1 aromatic rings. The molecule has 0 saturated heterocycles. The predicted molar refractivity (Wildman–Crippen MR) is 94.6 cm³/mol. The number of Topliss-reactive ketones (excluding diaryl/α,β-unsaturated/α-hetero) is 1. The molecule has 4 heteroatoms. The van der Waals surface area contributed by atoms with Crippen molar-refractivity contribution in [2.24, 2.45) is 5.92 Å². The molecule has 0 N–H and O–H groups in total. The van der Waals surface area contributed by atoms with Crippen LogP contribution in [0.3, 0.4) is 0 Å². The molecule has 0 aliphatic carbocycles. The first-order valence-corrected chi connectivity index (χ1v) is 9.57. The van der Waals surface area contributed by atoms with Gasteiger partial charge in [-0.1, -0.05) is 19.9 Å². The van der Waals surface area contributed by atoms with Gasteiger partial charge in [0.25, 0.3) is 0 Å². The number of ether oxygens (including phenoxy) is 2. The zero-order chi connectivity index (χ0) is 16.7. The van der Waals surface area contributed by atoms with Crippen LogP contribution >= 0.6 is 8.58 Å². The zero-order valence-corrected chi connectivity index (χ0v) is 15.6. The minimum Gasteiger partial charge on any atom is -0.465 e. The van der Waals surface area contributed by atoms with Gasteiger partial charge < -0.3 is 9.47 Å². The van der Waals surface area contributed by atoms with Crippen LogP contribution in [0.2, 0.25) is 0 Å². The largest absolute Gasteiger partial charge is 0.465 e. The lowest BCUT2D eigenvalue weighted by atomic mass is 9.99. The van der Waals surface area contributed by atoms with Crippen LogP contribution in [0.1, 0.15) is 62.6 Å². The molecule has 0 fully saturated rings. The standard InChI is InChI=1S/C18H29O3P/c1-7-20-14(5)21-17-9-8-15(11-16(17)13(4)19)18(22-6)10-12(2)3/h8-9,11-12,14,18,22H,7,10H2,1-6H3. The quantitative estimate of drug-likeness (QED) is 0.362. The molecule has 0 spiro atoms. The SMILES string of the molecule is CCOC(C)Oc1ccc(C(CC(C)C)PC)cc1C(C)=O. The summed E-state index contributed by atoms with van der Waals surface area (Å²) in [6.07, 6.45) is 0.787. The topological polar surface area (TPSA) is 35.5 Å². The molecule has 22 heavy (non-hydrogen) atoms. The highest BCUT2D eigenvalue weighted by molar-refractivity contribution is 7.37. The molecule has 3 nitrogen and oxygen atoms in total. The Morgan fingerprint density at radius 3 is 2.45 bits per heavy atom. The summed E-state index contributed by atoms with van der Waals surface area (Å²) in [5.74, 6) is 1.29. The van der Waals surface area contributed by atoms with E-state index in [-0.39, 0.29) is 12.1 Å². The first-order valence-electron chi connectivity index (χ1n) is 7.99. The van der Waals surface area contributed by atoms with Crippen molar-refractivity contribution < 1.29 is 14.3 Å². The van der Waals surface area contributed by atoms with Crippen molar-refractivity contribution >= 4 is 14.4 Å². The third-order valence-corrected chi connectivity index (χ3v) is 4.80. The van der Waals surface area contributed by atoms with E-state index in [1.54, 1.807) is 6.92 Å². The molecule has 3 unspecified atom stereocenters. The Kier molecular flexibility index (Phi) is 8.06. The van der Waals surface area contributed by atoms with Crippen molar-refractivity contribution in [2.75, 3.05) is 13.3 Å². The van der Waals surface area contributed by atoms with Crippen LogP contribution in [-0.2, 0) is 4.74 Å². The van der Waals surface area contributed by atoms with Gasteiger partial charge in [-0.05, 0) is 57.5 Å². The summed E-state index contributed by atoms with van der Waals surface area (Å²) in [5, 5.41) is 0. The molecule has 3 atom stereocenters. The third-order valence-electron chi connectivity index (χ3n) is 3.54. The Labute approximate surface area is 136 Å². The summed E-state index contributed by atoms with van der Waals surface area (Å²) in [4.78, 5) is 12.0. The van der Waals surface area contributed by atoms with Crippen molar-refractivity contribution in [1.82, 2.24) is 0 Å². The monoisotopic (exact) mass is 324 g/mol. The van der Waals surface area contributed by atoms with E-state index in [4.69, 9.17) is 9.47 Å². The number of carbonyl (C=O) groups excluding carboxylic acids is 1. The number of rotatable bonds is 9. The van der Waals surface area contributed by atoms with Crippen LogP contribution in [0.15, 0.2) is 18.2 Å². The van der Waals surface area contributed by atoms with E-state index in [0.717, 1.165) is 15.0 Å². The van der Waals surface area contributed by atoms with Crippen LogP contribution in [0.25, 0.3) is 0 Å². The van der Waals surface area contributed by atoms with Gasteiger partial charge in [0.15, 0.2) is 12.1 Å². The molecule has 0 aliphatic heterocycles. The summed E-state index contributed by atoms with van der Waals surface area (Å²) in [5.41, 5.74) is 2.39. The first kappa shape index (κ1) is 19.1. The van der Waals surface area contributed by atoms with Crippen molar-refractivity contribution in [3.8, 4) is 5.75 Å². The normalized spacial score (nSPS) is 14.5. The fraction of sp³-hybridized carbons (Fsp3) is 0.611. The number of carbonyl (C=O) groups is 1. The van der Waals surface area contributed by atoms with E-state index >= 15 is 0 Å². The van der Waals surface area contributed by atoms with Gasteiger partial charge >= 0.3 is 0 Å². The molecule has 124 valence electrons. The van der Waals surface area contributed by atoms with Crippen LogP contribution in [-0.4, -0.2) is 25.3 Å². The molecule has 0 saturated carbocycles. The van der Waals surface area contributed by atoms with Gasteiger partial charge in [-0.25, -0.2) is 0 Å².